The number of aromatic nitrogens is 2. The van der Waals surface area contributed by atoms with Gasteiger partial charge in [0.25, 0.3) is 0 Å². The molecule has 0 aliphatic carbocycles. The zero-order valence-electron chi connectivity index (χ0n) is 15.7. The van der Waals surface area contributed by atoms with Crippen LogP contribution in [0.25, 0.3) is 33.3 Å². The number of nitrogens with one attached hydrogen (secondary N) is 1. The molecule has 0 bridgehead atoms. The molecule has 5 N–H and O–H groups in total. The van der Waals surface area contributed by atoms with Crippen molar-refractivity contribution in [1.82, 2.24) is 15.4 Å². The second-order valence-corrected chi connectivity index (χ2v) is 6.18. The maximum absolute atomic E-state index is 11.4. The Balaban J connectivity index is 0.000000755. The fraction of sp³-hybridized carbons (Fsp3) is 0.0455. The molecule has 0 unspecified atom stereocenters. The number of carbonyl (C=O) groups is 1. The van der Waals surface area contributed by atoms with Crippen molar-refractivity contribution in [3.05, 3.63) is 72.6 Å². The molecule has 2 aromatic carbocycles. The van der Waals surface area contributed by atoms with E-state index in [4.69, 9.17) is 0 Å². The van der Waals surface area contributed by atoms with Gasteiger partial charge in [-0.2, -0.15) is 0 Å². The van der Waals surface area contributed by atoms with Gasteiger partial charge in [0.05, 0.1) is 11.2 Å². The molecule has 0 aliphatic heterocycles. The predicted molar refractivity (Wildman–Crippen MR) is 112 cm³/mol. The number of hydrogen-bond acceptors (Lipinski definition) is 7. The summed E-state index contributed by atoms with van der Waals surface area (Å²) in [6.45, 7) is 0. The molecule has 0 aliphatic rings. The number of benzene rings is 2. The number of phenols is 2. The topological polar surface area (TPSA) is 121 Å². The number of fused-ring (bicyclic) bond motifs is 1. The normalized spacial score (nSPS) is 10.3. The van der Waals surface area contributed by atoms with Crippen LogP contribution < -0.4 is 11.3 Å². The van der Waals surface area contributed by atoms with E-state index in [1.54, 1.807) is 37.6 Å². The quantitative estimate of drug-likeness (QED) is 0.184. The Morgan fingerprint density at radius 3 is 2.24 bits per heavy atom. The smallest absolute Gasteiger partial charge is 0.158 e. The lowest BCUT2D eigenvalue weighted by Crippen LogP contribution is -2.13. The van der Waals surface area contributed by atoms with Crippen LogP contribution in [0.5, 0.6) is 11.5 Å². The van der Waals surface area contributed by atoms with Gasteiger partial charge in [-0.25, -0.2) is 4.98 Å². The first kappa shape index (κ1) is 19.9. The van der Waals surface area contributed by atoms with E-state index in [2.05, 4.69) is 21.2 Å². The molecule has 0 amide bonds. The van der Waals surface area contributed by atoms with Crippen LogP contribution in [0.3, 0.4) is 0 Å². The molecule has 7 heteroatoms. The standard InChI is InChI=1S/C21H14N2O3.CH6N2/c24-12-16-9-19(23-18-7-8-22-11-17(16)18)14-3-1-13(2-4-14)15-5-6-20(25)21(26)10-15;1-3-2/h1-12,25-26H;3H,2H2,1H3. The average molecular weight is 388 g/mol. The molecule has 4 aromatic rings. The third kappa shape index (κ3) is 4.37. The van der Waals surface area contributed by atoms with Crippen LogP contribution in [0.2, 0.25) is 0 Å². The second kappa shape index (κ2) is 8.92. The lowest BCUT2D eigenvalue weighted by Gasteiger charge is -2.08. The number of carbonyl (C=O) groups excluding carboxylic acids is 1. The SMILES string of the molecule is CNN.O=Cc1cc(-c2ccc(-c3ccc(O)c(O)c3)cc2)nc2ccncc12. The van der Waals surface area contributed by atoms with E-state index in [-0.39, 0.29) is 11.5 Å². The summed E-state index contributed by atoms with van der Waals surface area (Å²) in [5.41, 5.74) is 6.77. The summed E-state index contributed by atoms with van der Waals surface area (Å²) in [6, 6.07) is 15.8. The third-order valence-corrected chi connectivity index (χ3v) is 4.26. The first-order valence-corrected chi connectivity index (χ1v) is 8.77. The number of aldehydes is 1. The van der Waals surface area contributed by atoms with E-state index < -0.39 is 0 Å². The largest absolute Gasteiger partial charge is 0.504 e. The molecule has 146 valence electrons. The summed E-state index contributed by atoms with van der Waals surface area (Å²) in [7, 11) is 1.65. The van der Waals surface area contributed by atoms with Gasteiger partial charge in [-0.15, -0.1) is 0 Å². The van der Waals surface area contributed by atoms with Crippen molar-refractivity contribution in [1.29, 1.82) is 0 Å². The summed E-state index contributed by atoms with van der Waals surface area (Å²) < 4.78 is 0. The number of hydrogen-bond donors (Lipinski definition) is 4. The molecule has 0 saturated heterocycles. The average Bonchev–Trinajstić information content (AvgIpc) is 2.75. The number of phenolic OH excluding ortho intramolecular Hbond substituents is 2. The van der Waals surface area contributed by atoms with Gasteiger partial charge in [-0.3, -0.25) is 21.0 Å². The predicted octanol–water partition coefficient (Wildman–Crippen LogP) is 3.27. The van der Waals surface area contributed by atoms with Crippen molar-refractivity contribution in [2.75, 3.05) is 7.05 Å². The van der Waals surface area contributed by atoms with Crippen molar-refractivity contribution < 1.29 is 15.0 Å². The molecule has 0 fully saturated rings. The molecule has 0 spiro atoms. The maximum Gasteiger partial charge on any atom is 0.158 e. The molecular weight excluding hydrogens is 368 g/mol. The molecule has 7 nitrogen and oxygen atoms in total. The summed E-state index contributed by atoms with van der Waals surface area (Å²) in [6.07, 6.45) is 4.09. The molecule has 2 aromatic heterocycles. The van der Waals surface area contributed by atoms with Gasteiger partial charge in [0.1, 0.15) is 0 Å². The highest BCUT2D eigenvalue weighted by Gasteiger charge is 2.08. The number of pyridine rings is 2. The minimum atomic E-state index is -0.160. The Kier molecular flexibility index (Phi) is 6.13. The molecule has 0 atom stereocenters. The lowest BCUT2D eigenvalue weighted by molar-refractivity contribution is 0.112. The monoisotopic (exact) mass is 388 g/mol. The highest BCUT2D eigenvalue weighted by Crippen LogP contribution is 2.32. The van der Waals surface area contributed by atoms with E-state index >= 15 is 0 Å². The van der Waals surface area contributed by atoms with Crippen LogP contribution >= 0.6 is 0 Å². The Morgan fingerprint density at radius 1 is 0.931 bits per heavy atom. The number of nitrogens with two attached hydrogens (primary N) is 1. The van der Waals surface area contributed by atoms with Crippen LogP contribution in [-0.4, -0.2) is 33.5 Å². The van der Waals surface area contributed by atoms with Crippen LogP contribution in [0.4, 0.5) is 0 Å². The Bertz CT molecular complexity index is 1140. The highest BCUT2D eigenvalue weighted by molar-refractivity contribution is 5.97. The first-order chi connectivity index (χ1) is 14.1. The van der Waals surface area contributed by atoms with Crippen LogP contribution in [0, 0.1) is 0 Å². The van der Waals surface area contributed by atoms with E-state index in [1.165, 1.54) is 12.1 Å². The molecule has 0 saturated carbocycles. The van der Waals surface area contributed by atoms with E-state index in [0.717, 1.165) is 28.4 Å². The van der Waals surface area contributed by atoms with Gasteiger partial charge in [-0.05, 0) is 42.4 Å². The minimum Gasteiger partial charge on any atom is -0.504 e. The zero-order valence-corrected chi connectivity index (χ0v) is 15.7. The third-order valence-electron chi connectivity index (χ3n) is 4.26. The number of rotatable bonds is 3. The fourth-order valence-electron chi connectivity index (χ4n) is 2.88. The molecule has 4 rings (SSSR count). The van der Waals surface area contributed by atoms with Gasteiger partial charge in [0, 0.05) is 28.9 Å². The van der Waals surface area contributed by atoms with Crippen LogP contribution in [0.1, 0.15) is 10.4 Å². The van der Waals surface area contributed by atoms with Crippen molar-refractivity contribution in [3.63, 3.8) is 0 Å². The van der Waals surface area contributed by atoms with E-state index in [9.17, 15) is 15.0 Å². The minimum absolute atomic E-state index is 0.151. The molecule has 0 radical (unpaired) electrons. The highest BCUT2D eigenvalue weighted by atomic mass is 16.3. The van der Waals surface area contributed by atoms with E-state index in [1.807, 2.05) is 24.3 Å². The number of aromatic hydroxyl groups is 2. The summed E-state index contributed by atoms with van der Waals surface area (Å²) in [4.78, 5) is 20.1. The molecule has 2 heterocycles. The van der Waals surface area contributed by atoms with Gasteiger partial charge in [-0.1, -0.05) is 30.3 Å². The van der Waals surface area contributed by atoms with E-state index in [0.29, 0.717) is 16.8 Å². The first-order valence-electron chi connectivity index (χ1n) is 8.77. The van der Waals surface area contributed by atoms with Gasteiger partial charge >= 0.3 is 0 Å². The number of nitrogens with zero attached hydrogens (tertiary/aromatic N) is 2. The van der Waals surface area contributed by atoms with Crippen LogP contribution in [0.15, 0.2) is 67.0 Å². The molecular formula is C22H20N4O3. The lowest BCUT2D eigenvalue weighted by atomic mass is 10.0. The Labute approximate surface area is 167 Å². The summed E-state index contributed by atoms with van der Waals surface area (Å²) >= 11 is 0. The van der Waals surface area contributed by atoms with Crippen molar-refractivity contribution in [2.24, 2.45) is 5.84 Å². The van der Waals surface area contributed by atoms with Gasteiger partial charge in [0.2, 0.25) is 0 Å². The maximum atomic E-state index is 11.4. The van der Waals surface area contributed by atoms with Gasteiger partial charge in [0.15, 0.2) is 17.8 Å². The Hall–Kier alpha value is -3.81. The zero-order chi connectivity index (χ0) is 20.8. The summed E-state index contributed by atoms with van der Waals surface area (Å²) in [5, 5.41) is 19.8. The van der Waals surface area contributed by atoms with Crippen molar-refractivity contribution in [3.8, 4) is 33.9 Å². The van der Waals surface area contributed by atoms with Gasteiger partial charge < -0.3 is 10.2 Å². The van der Waals surface area contributed by atoms with Crippen molar-refractivity contribution in [2.45, 2.75) is 0 Å². The summed E-state index contributed by atoms with van der Waals surface area (Å²) in [5.74, 6) is 4.29. The fourth-order valence-corrected chi connectivity index (χ4v) is 2.88. The van der Waals surface area contributed by atoms with Crippen LogP contribution in [-0.2, 0) is 0 Å². The number of hydrazine groups is 1. The Morgan fingerprint density at radius 2 is 1.59 bits per heavy atom. The van der Waals surface area contributed by atoms with Crippen molar-refractivity contribution >= 4 is 17.2 Å². The molecule has 29 heavy (non-hydrogen) atoms. The second-order valence-electron chi connectivity index (χ2n) is 6.18.